The molecule has 4 aromatic rings. The van der Waals surface area contributed by atoms with Gasteiger partial charge in [-0.15, -0.1) is 0 Å². The number of rotatable bonds is 8. The molecule has 0 aliphatic heterocycles. The van der Waals surface area contributed by atoms with Crippen molar-refractivity contribution in [3.63, 3.8) is 0 Å². The Morgan fingerprint density at radius 3 is 2.50 bits per heavy atom. The maximum absolute atomic E-state index is 13.4. The molecular formula is C28H24N4O3S. The summed E-state index contributed by atoms with van der Waals surface area (Å²) in [5.41, 5.74) is 2.52. The number of hydrogen-bond acceptors (Lipinski definition) is 6. The molecule has 5 rings (SSSR count). The van der Waals surface area contributed by atoms with E-state index in [9.17, 15) is 9.59 Å². The fourth-order valence-electron chi connectivity index (χ4n) is 4.07. The zero-order valence-electron chi connectivity index (χ0n) is 19.8. The first-order chi connectivity index (χ1) is 17.6. The minimum Gasteiger partial charge on any atom is -0.497 e. The van der Waals surface area contributed by atoms with Crippen LogP contribution in [0, 0.1) is 11.3 Å². The van der Waals surface area contributed by atoms with Crippen molar-refractivity contribution >= 4 is 28.6 Å². The van der Waals surface area contributed by atoms with E-state index in [1.807, 2.05) is 35.2 Å². The molecule has 1 fully saturated rings. The molecule has 1 heterocycles. The number of carbonyl (C=O) groups is 1. The van der Waals surface area contributed by atoms with Gasteiger partial charge in [0.25, 0.3) is 5.56 Å². The third-order valence-electron chi connectivity index (χ3n) is 6.14. The Morgan fingerprint density at radius 2 is 1.83 bits per heavy atom. The molecule has 8 heteroatoms. The fourth-order valence-corrected chi connectivity index (χ4v) is 4.96. The lowest BCUT2D eigenvalue weighted by atomic mass is 10.2. The van der Waals surface area contributed by atoms with Gasteiger partial charge in [0, 0.05) is 12.6 Å². The molecule has 0 atom stereocenters. The molecule has 180 valence electrons. The average Bonchev–Trinajstić information content (AvgIpc) is 3.76. The van der Waals surface area contributed by atoms with Crippen molar-refractivity contribution in [2.75, 3.05) is 12.9 Å². The number of benzene rings is 3. The summed E-state index contributed by atoms with van der Waals surface area (Å²) in [7, 11) is 1.63. The summed E-state index contributed by atoms with van der Waals surface area (Å²) < 4.78 is 6.76. The molecule has 7 nitrogen and oxygen atoms in total. The maximum Gasteiger partial charge on any atom is 0.266 e. The van der Waals surface area contributed by atoms with Gasteiger partial charge in [0.05, 0.1) is 41.1 Å². The normalized spacial score (nSPS) is 12.8. The van der Waals surface area contributed by atoms with Crippen LogP contribution in [0.1, 0.15) is 24.0 Å². The van der Waals surface area contributed by atoms with Gasteiger partial charge in [0.1, 0.15) is 5.75 Å². The summed E-state index contributed by atoms with van der Waals surface area (Å²) in [6, 6.07) is 24.0. The number of ether oxygens (including phenoxy) is 1. The monoisotopic (exact) mass is 496 g/mol. The Balaban J connectivity index is 1.42. The average molecular weight is 497 g/mol. The molecular weight excluding hydrogens is 472 g/mol. The van der Waals surface area contributed by atoms with Crippen molar-refractivity contribution in [1.82, 2.24) is 14.5 Å². The first-order valence-corrected chi connectivity index (χ1v) is 12.6. The van der Waals surface area contributed by atoms with E-state index >= 15 is 0 Å². The van der Waals surface area contributed by atoms with Gasteiger partial charge in [0.2, 0.25) is 5.91 Å². The zero-order valence-corrected chi connectivity index (χ0v) is 20.6. The number of para-hydroxylation sites is 1. The van der Waals surface area contributed by atoms with E-state index in [0.717, 1.165) is 24.2 Å². The van der Waals surface area contributed by atoms with Crippen LogP contribution in [0.3, 0.4) is 0 Å². The Hall–Kier alpha value is -4.09. The van der Waals surface area contributed by atoms with Crippen molar-refractivity contribution in [3.05, 3.63) is 94.3 Å². The number of nitriles is 1. The van der Waals surface area contributed by atoms with Crippen molar-refractivity contribution in [2.24, 2.45) is 0 Å². The van der Waals surface area contributed by atoms with Gasteiger partial charge in [-0.2, -0.15) is 5.26 Å². The topological polar surface area (TPSA) is 88.2 Å². The summed E-state index contributed by atoms with van der Waals surface area (Å²) in [6.07, 6.45) is 1.99. The number of carbonyl (C=O) groups excluding carboxylic acids is 1. The smallest absolute Gasteiger partial charge is 0.266 e. The standard InChI is InChI=1S/C28H24N4O3S/c1-35-23-14-8-20(9-15-23)17-31(21-12-13-21)26(33)18-36-28-30-25-5-3-2-4-24(25)27(34)32(28)22-10-6-19(16-29)7-11-22/h2-11,14-15,21H,12-13,17-18H2,1H3. The lowest BCUT2D eigenvalue weighted by Gasteiger charge is -2.23. The number of hydrogen-bond donors (Lipinski definition) is 0. The molecule has 0 bridgehead atoms. The molecule has 1 amide bonds. The van der Waals surface area contributed by atoms with Crippen LogP contribution < -0.4 is 10.3 Å². The Bertz CT molecular complexity index is 1500. The number of amides is 1. The van der Waals surface area contributed by atoms with Gasteiger partial charge >= 0.3 is 0 Å². The molecule has 0 spiro atoms. The quantitative estimate of drug-likeness (QED) is 0.263. The van der Waals surface area contributed by atoms with Gasteiger partial charge in [0.15, 0.2) is 5.16 Å². The van der Waals surface area contributed by atoms with Crippen molar-refractivity contribution in [2.45, 2.75) is 30.6 Å². The fraction of sp³-hybridized carbons (Fsp3) is 0.214. The van der Waals surface area contributed by atoms with Crippen LogP contribution in [0.15, 0.2) is 82.7 Å². The highest BCUT2D eigenvalue weighted by atomic mass is 32.2. The van der Waals surface area contributed by atoms with Crippen LogP contribution in [-0.2, 0) is 11.3 Å². The third kappa shape index (κ3) is 4.97. The second-order valence-corrected chi connectivity index (χ2v) is 9.54. The molecule has 36 heavy (non-hydrogen) atoms. The second kappa shape index (κ2) is 10.3. The van der Waals surface area contributed by atoms with Gasteiger partial charge in [-0.05, 0) is 66.9 Å². The van der Waals surface area contributed by atoms with E-state index in [1.54, 1.807) is 49.6 Å². The van der Waals surface area contributed by atoms with Crippen molar-refractivity contribution in [1.29, 1.82) is 5.26 Å². The van der Waals surface area contributed by atoms with E-state index in [0.29, 0.717) is 33.9 Å². The summed E-state index contributed by atoms with van der Waals surface area (Å²) in [6.45, 7) is 0.529. The Kier molecular flexibility index (Phi) is 6.74. The predicted octanol–water partition coefficient (Wildman–Crippen LogP) is 4.55. The summed E-state index contributed by atoms with van der Waals surface area (Å²) in [4.78, 5) is 33.4. The number of methoxy groups -OCH3 is 1. The molecule has 1 aromatic heterocycles. The number of thioether (sulfide) groups is 1. The van der Waals surface area contributed by atoms with E-state index in [1.165, 1.54) is 16.3 Å². The maximum atomic E-state index is 13.4. The molecule has 0 radical (unpaired) electrons. The highest BCUT2D eigenvalue weighted by molar-refractivity contribution is 7.99. The van der Waals surface area contributed by atoms with Gasteiger partial charge in [-0.25, -0.2) is 4.98 Å². The Labute approximate surface area is 213 Å². The van der Waals surface area contributed by atoms with Gasteiger partial charge < -0.3 is 9.64 Å². The van der Waals surface area contributed by atoms with Crippen LogP contribution >= 0.6 is 11.8 Å². The predicted molar refractivity (Wildman–Crippen MR) is 139 cm³/mol. The summed E-state index contributed by atoms with van der Waals surface area (Å²) in [5, 5.41) is 10.1. The lowest BCUT2D eigenvalue weighted by molar-refractivity contribution is -0.129. The largest absolute Gasteiger partial charge is 0.497 e. The molecule has 1 aliphatic carbocycles. The van der Waals surface area contributed by atoms with Crippen molar-refractivity contribution in [3.8, 4) is 17.5 Å². The number of fused-ring (bicyclic) bond motifs is 1. The first-order valence-electron chi connectivity index (χ1n) is 11.6. The number of aromatic nitrogens is 2. The summed E-state index contributed by atoms with van der Waals surface area (Å²) in [5.74, 6) is 0.946. The van der Waals surface area contributed by atoms with Crippen LogP contribution in [0.4, 0.5) is 0 Å². The highest BCUT2D eigenvalue weighted by Gasteiger charge is 2.32. The van der Waals surface area contributed by atoms with Crippen LogP contribution in [0.2, 0.25) is 0 Å². The van der Waals surface area contributed by atoms with Crippen LogP contribution in [0.25, 0.3) is 16.6 Å². The van der Waals surface area contributed by atoms with E-state index < -0.39 is 0 Å². The number of nitrogens with zero attached hydrogens (tertiary/aromatic N) is 4. The van der Waals surface area contributed by atoms with Crippen LogP contribution in [0.5, 0.6) is 5.75 Å². The first kappa shape index (κ1) is 23.6. The molecule has 1 saturated carbocycles. The van der Waals surface area contributed by atoms with E-state index in [-0.39, 0.29) is 23.3 Å². The Morgan fingerprint density at radius 1 is 1.11 bits per heavy atom. The highest BCUT2D eigenvalue weighted by Crippen LogP contribution is 2.30. The SMILES string of the molecule is COc1ccc(CN(C(=O)CSc2nc3ccccc3c(=O)n2-c2ccc(C#N)cc2)C2CC2)cc1. The third-order valence-corrected chi connectivity index (χ3v) is 7.07. The molecule has 0 unspecified atom stereocenters. The molecule has 0 N–H and O–H groups in total. The van der Waals surface area contributed by atoms with Gasteiger partial charge in [-0.1, -0.05) is 36.0 Å². The van der Waals surface area contributed by atoms with Crippen molar-refractivity contribution < 1.29 is 9.53 Å². The molecule has 3 aromatic carbocycles. The van der Waals surface area contributed by atoms with Crippen LogP contribution in [-0.4, -0.2) is 39.3 Å². The van der Waals surface area contributed by atoms with E-state index in [2.05, 4.69) is 6.07 Å². The molecule has 1 aliphatic rings. The lowest BCUT2D eigenvalue weighted by Crippen LogP contribution is -2.34. The van der Waals surface area contributed by atoms with E-state index in [4.69, 9.17) is 15.0 Å². The second-order valence-electron chi connectivity index (χ2n) is 8.60. The molecule has 0 saturated heterocycles. The van der Waals surface area contributed by atoms with Gasteiger partial charge in [-0.3, -0.25) is 14.2 Å². The zero-order chi connectivity index (χ0) is 25.1. The summed E-state index contributed by atoms with van der Waals surface area (Å²) >= 11 is 1.25. The minimum atomic E-state index is -0.211. The minimum absolute atomic E-state index is 0.00658.